The van der Waals surface area contributed by atoms with Gasteiger partial charge in [0.15, 0.2) is 5.84 Å². The fourth-order valence-electron chi connectivity index (χ4n) is 0.596. The Bertz CT molecular complexity index is 287. The van der Waals surface area contributed by atoms with E-state index in [0.29, 0.717) is 5.69 Å². The third-order valence-corrected chi connectivity index (χ3v) is 1.59. The van der Waals surface area contributed by atoms with Crippen molar-refractivity contribution >= 4 is 21.8 Å². The largest absolute Gasteiger partial charge is 0.409 e. The van der Waals surface area contributed by atoms with Gasteiger partial charge in [0.1, 0.15) is 5.69 Å². The van der Waals surface area contributed by atoms with Gasteiger partial charge in [0.2, 0.25) is 0 Å². The average Bonchev–Trinajstić information content (AvgIpc) is 2.03. The van der Waals surface area contributed by atoms with Gasteiger partial charge in [-0.3, -0.25) is 4.98 Å². The highest BCUT2D eigenvalue weighted by Crippen LogP contribution is 2.08. The van der Waals surface area contributed by atoms with E-state index in [9.17, 15) is 0 Å². The van der Waals surface area contributed by atoms with Gasteiger partial charge in [0.05, 0.1) is 0 Å². The number of hydrogen-bond acceptors (Lipinski definition) is 3. The lowest BCUT2D eigenvalue weighted by atomic mass is 10.3. The molecular formula is C6H6BrN3O. The summed E-state index contributed by atoms with van der Waals surface area (Å²) < 4.78 is 0.842. The Balaban J connectivity index is 3.06. The minimum absolute atomic E-state index is 0.00583. The molecule has 0 aliphatic carbocycles. The van der Waals surface area contributed by atoms with Crippen LogP contribution >= 0.6 is 15.9 Å². The average molecular weight is 216 g/mol. The number of nitrogens with zero attached hydrogens (tertiary/aromatic N) is 2. The molecule has 0 aliphatic heterocycles. The first kappa shape index (κ1) is 8.00. The fraction of sp³-hybridized carbons (Fsp3) is 0. The molecule has 0 spiro atoms. The second kappa shape index (κ2) is 3.34. The second-order valence-electron chi connectivity index (χ2n) is 1.84. The van der Waals surface area contributed by atoms with Crippen LogP contribution in [0.3, 0.4) is 0 Å². The number of oxime groups is 1. The molecule has 1 heterocycles. The van der Waals surface area contributed by atoms with Crippen molar-refractivity contribution < 1.29 is 5.21 Å². The van der Waals surface area contributed by atoms with Gasteiger partial charge in [0.25, 0.3) is 0 Å². The quantitative estimate of drug-likeness (QED) is 0.317. The Kier molecular flexibility index (Phi) is 2.43. The fourth-order valence-corrected chi connectivity index (χ4v) is 0.931. The van der Waals surface area contributed by atoms with Gasteiger partial charge in [-0.25, -0.2) is 0 Å². The third kappa shape index (κ3) is 1.91. The number of amidine groups is 1. The summed E-state index contributed by atoms with van der Waals surface area (Å²) in [7, 11) is 0. The zero-order chi connectivity index (χ0) is 8.27. The lowest BCUT2D eigenvalue weighted by molar-refractivity contribution is 0.318. The van der Waals surface area contributed by atoms with Crippen molar-refractivity contribution in [2.45, 2.75) is 0 Å². The van der Waals surface area contributed by atoms with Crippen LogP contribution in [0.4, 0.5) is 0 Å². The number of nitrogens with two attached hydrogens (primary N) is 1. The van der Waals surface area contributed by atoms with Gasteiger partial charge < -0.3 is 10.9 Å². The first-order chi connectivity index (χ1) is 5.24. The number of rotatable bonds is 1. The minimum atomic E-state index is 0.00583. The van der Waals surface area contributed by atoms with Crippen molar-refractivity contribution in [1.82, 2.24) is 4.98 Å². The lowest BCUT2D eigenvalue weighted by Crippen LogP contribution is -2.14. The molecule has 0 atom stereocenters. The van der Waals surface area contributed by atoms with Crippen molar-refractivity contribution in [3.05, 3.63) is 28.5 Å². The summed E-state index contributed by atoms with van der Waals surface area (Å²) in [6.45, 7) is 0. The molecule has 0 amide bonds. The highest BCUT2D eigenvalue weighted by Gasteiger charge is 1.99. The molecule has 4 nitrogen and oxygen atoms in total. The van der Waals surface area contributed by atoms with Crippen LogP contribution in [0.2, 0.25) is 0 Å². The van der Waals surface area contributed by atoms with Crippen LogP contribution in [-0.2, 0) is 0 Å². The Morgan fingerprint density at radius 3 is 3.00 bits per heavy atom. The van der Waals surface area contributed by atoms with E-state index >= 15 is 0 Å². The molecule has 11 heavy (non-hydrogen) atoms. The first-order valence-electron chi connectivity index (χ1n) is 2.83. The summed E-state index contributed by atoms with van der Waals surface area (Å²) in [6, 6.07) is 3.42. The van der Waals surface area contributed by atoms with E-state index in [0.717, 1.165) is 4.47 Å². The van der Waals surface area contributed by atoms with Crippen LogP contribution in [0.1, 0.15) is 5.69 Å². The standard InChI is InChI=1S/C6H6BrN3O/c7-4-1-2-9-5(3-4)6(8)10-11/h1-3,11H,(H2,8,10). The summed E-state index contributed by atoms with van der Waals surface area (Å²) in [5.41, 5.74) is 5.73. The molecule has 0 radical (unpaired) electrons. The zero-order valence-electron chi connectivity index (χ0n) is 5.53. The summed E-state index contributed by atoms with van der Waals surface area (Å²) in [4.78, 5) is 3.86. The topological polar surface area (TPSA) is 71.5 Å². The van der Waals surface area contributed by atoms with Crippen LogP contribution in [0, 0.1) is 0 Å². The number of pyridine rings is 1. The van der Waals surface area contributed by atoms with Gasteiger partial charge in [0, 0.05) is 10.7 Å². The van der Waals surface area contributed by atoms with Crippen molar-refractivity contribution in [1.29, 1.82) is 0 Å². The number of hydrogen-bond donors (Lipinski definition) is 2. The second-order valence-corrected chi connectivity index (χ2v) is 2.76. The van der Waals surface area contributed by atoms with Crippen molar-refractivity contribution in [3.63, 3.8) is 0 Å². The Morgan fingerprint density at radius 1 is 1.73 bits per heavy atom. The highest BCUT2D eigenvalue weighted by atomic mass is 79.9. The molecule has 3 N–H and O–H groups in total. The molecule has 1 aromatic rings. The van der Waals surface area contributed by atoms with Crippen molar-refractivity contribution in [2.75, 3.05) is 0 Å². The molecule has 0 bridgehead atoms. The Labute approximate surface area is 71.9 Å². The molecule has 1 rings (SSSR count). The van der Waals surface area contributed by atoms with E-state index in [1.807, 2.05) is 0 Å². The molecule has 0 aromatic carbocycles. The highest BCUT2D eigenvalue weighted by molar-refractivity contribution is 9.10. The molecule has 5 heteroatoms. The van der Waals surface area contributed by atoms with E-state index in [2.05, 4.69) is 26.1 Å². The van der Waals surface area contributed by atoms with Crippen LogP contribution in [0.15, 0.2) is 28.0 Å². The normalized spacial score (nSPS) is 11.5. The van der Waals surface area contributed by atoms with Gasteiger partial charge in [-0.1, -0.05) is 21.1 Å². The lowest BCUT2D eigenvalue weighted by Gasteiger charge is -1.96. The van der Waals surface area contributed by atoms with Gasteiger partial charge in [-0.2, -0.15) is 0 Å². The maximum absolute atomic E-state index is 8.29. The van der Waals surface area contributed by atoms with Gasteiger partial charge in [-0.05, 0) is 12.1 Å². The van der Waals surface area contributed by atoms with Crippen LogP contribution < -0.4 is 5.73 Å². The maximum atomic E-state index is 8.29. The van der Waals surface area contributed by atoms with E-state index < -0.39 is 0 Å². The molecule has 0 unspecified atom stereocenters. The minimum Gasteiger partial charge on any atom is -0.409 e. The maximum Gasteiger partial charge on any atom is 0.188 e. The van der Waals surface area contributed by atoms with Crippen molar-refractivity contribution in [3.8, 4) is 0 Å². The first-order valence-corrected chi connectivity index (χ1v) is 3.63. The molecule has 0 saturated heterocycles. The van der Waals surface area contributed by atoms with Gasteiger partial charge in [-0.15, -0.1) is 0 Å². The van der Waals surface area contributed by atoms with Crippen LogP contribution in [0.5, 0.6) is 0 Å². The molecule has 58 valence electrons. The van der Waals surface area contributed by atoms with Crippen LogP contribution in [-0.4, -0.2) is 16.0 Å². The summed E-state index contributed by atoms with van der Waals surface area (Å²) in [6.07, 6.45) is 1.57. The smallest absolute Gasteiger partial charge is 0.188 e. The number of halogens is 1. The van der Waals surface area contributed by atoms with Crippen LogP contribution in [0.25, 0.3) is 0 Å². The van der Waals surface area contributed by atoms with E-state index in [4.69, 9.17) is 10.9 Å². The van der Waals surface area contributed by atoms with Gasteiger partial charge >= 0.3 is 0 Å². The summed E-state index contributed by atoms with van der Waals surface area (Å²) in [5, 5.41) is 11.1. The SMILES string of the molecule is N/C(=N\O)c1cc(Br)ccn1. The number of aromatic nitrogens is 1. The molecule has 1 aromatic heterocycles. The predicted octanol–water partition coefficient (Wildman–Crippen LogP) is 0.939. The molecular weight excluding hydrogens is 210 g/mol. The summed E-state index contributed by atoms with van der Waals surface area (Å²) >= 11 is 3.23. The zero-order valence-corrected chi connectivity index (χ0v) is 7.12. The molecule has 0 aliphatic rings. The Hall–Kier alpha value is -1.10. The van der Waals surface area contributed by atoms with E-state index in [-0.39, 0.29) is 5.84 Å². The predicted molar refractivity (Wildman–Crippen MR) is 44.4 cm³/mol. The van der Waals surface area contributed by atoms with Crippen molar-refractivity contribution in [2.24, 2.45) is 10.9 Å². The van der Waals surface area contributed by atoms with E-state index in [1.54, 1.807) is 18.3 Å². The molecule has 0 fully saturated rings. The van der Waals surface area contributed by atoms with E-state index in [1.165, 1.54) is 0 Å². The molecule has 0 saturated carbocycles. The monoisotopic (exact) mass is 215 g/mol. The Morgan fingerprint density at radius 2 is 2.45 bits per heavy atom. The third-order valence-electron chi connectivity index (χ3n) is 1.09. The summed E-state index contributed by atoms with van der Waals surface area (Å²) in [5.74, 6) is 0.00583.